The van der Waals surface area contributed by atoms with Gasteiger partial charge in [0, 0.05) is 59.1 Å². The van der Waals surface area contributed by atoms with E-state index in [1.54, 1.807) is 4.90 Å². The van der Waals surface area contributed by atoms with E-state index in [1.807, 2.05) is 0 Å². The first-order valence-corrected chi connectivity index (χ1v) is 20.8. The third-order valence-electron chi connectivity index (χ3n) is 6.50. The van der Waals surface area contributed by atoms with E-state index >= 15 is 0 Å². The predicted octanol–water partition coefficient (Wildman–Crippen LogP) is -3.53. The van der Waals surface area contributed by atoms with Gasteiger partial charge < -0.3 is 69.9 Å². The first-order chi connectivity index (χ1) is 23.5. The molecule has 6 saturated heterocycles. The van der Waals surface area contributed by atoms with Crippen LogP contribution in [0.4, 0.5) is 0 Å². The maximum absolute atomic E-state index is 11.1. The summed E-state index contributed by atoms with van der Waals surface area (Å²) < 4.78 is 50.9. The lowest BCUT2D eigenvalue weighted by atomic mass is 9.93. The largest absolute Gasteiger partial charge is 0.639 e. The molecule has 0 saturated carbocycles. The second-order valence-corrected chi connectivity index (χ2v) is 18.9. The molecule has 6 aliphatic heterocycles. The van der Waals surface area contributed by atoms with Crippen LogP contribution in [0.5, 0.6) is 0 Å². The van der Waals surface area contributed by atoms with Gasteiger partial charge in [-0.15, -0.1) is 0 Å². The van der Waals surface area contributed by atoms with E-state index in [9.17, 15) is 9.13 Å². The maximum Gasteiger partial charge on any atom is 0.639 e. The Balaban J connectivity index is 0. The molecule has 11 N–H and O–H groups in total. The van der Waals surface area contributed by atoms with E-state index in [4.69, 9.17) is 83.5 Å². The molecule has 0 amide bonds. The second-order valence-electron chi connectivity index (χ2n) is 10.6. The molecule has 6 aliphatic rings. The van der Waals surface area contributed by atoms with Crippen LogP contribution >= 0.6 is 46.7 Å². The van der Waals surface area contributed by atoms with Crippen molar-refractivity contribution >= 4 is 61.4 Å². The number of aliphatic hydroxyl groups excluding tert-OH is 8. The Kier molecular flexibility index (Phi) is 31.7. The van der Waals surface area contributed by atoms with Crippen molar-refractivity contribution in [3.05, 3.63) is 0 Å². The molecule has 0 atom stereocenters. The molecule has 0 aliphatic carbocycles. The van der Waals surface area contributed by atoms with Crippen molar-refractivity contribution in [1.82, 2.24) is 9.80 Å². The van der Waals surface area contributed by atoms with Crippen molar-refractivity contribution in [3.63, 3.8) is 0 Å². The summed E-state index contributed by atoms with van der Waals surface area (Å²) in [7, 11) is -5.77. The average molecular weight is 838 g/mol. The fourth-order valence-electron chi connectivity index (χ4n) is 3.40. The number of aliphatic hydroxyl groups is 8. The molecule has 0 aromatic carbocycles. The molecule has 0 aromatic rings. The highest BCUT2D eigenvalue weighted by molar-refractivity contribution is 8.24. The van der Waals surface area contributed by atoms with Crippen molar-refractivity contribution in [2.75, 3.05) is 132 Å². The van der Waals surface area contributed by atoms with Gasteiger partial charge in [-0.1, -0.05) is 0 Å². The molecule has 6 rings (SSSR count). The molecule has 6 heterocycles. The second kappa shape index (κ2) is 30.0. The summed E-state index contributed by atoms with van der Waals surface area (Å²) in [6.45, 7) is 6.01. The summed E-state index contributed by atoms with van der Waals surface area (Å²) in [5.41, 5.74) is -1.59. The number of fused-ring (bicyclic) bond motifs is 9. The summed E-state index contributed by atoms with van der Waals surface area (Å²) >= 11 is 13.8. The zero-order valence-corrected chi connectivity index (χ0v) is 31.5. The van der Waals surface area contributed by atoms with Crippen LogP contribution in [0.2, 0.25) is 0 Å². The number of hydrogen-bond donors (Lipinski definition) is 11. The fourth-order valence-corrected chi connectivity index (χ4v) is 4.91. The summed E-state index contributed by atoms with van der Waals surface area (Å²) in [6.07, 6.45) is 0. The highest BCUT2D eigenvalue weighted by atomic mass is 36.0. The van der Waals surface area contributed by atoms with Gasteiger partial charge in [0.2, 0.25) is 0 Å². The monoisotopic (exact) mass is 836 g/mol. The fraction of sp³-hybridized carbons (Fsp3) is 1.00. The minimum absolute atomic E-state index is 0.0625. The number of phosphoric ester groups is 1. The van der Waals surface area contributed by atoms with Crippen LogP contribution in [0.1, 0.15) is 0 Å². The Hall–Kier alpha value is 0.700. The van der Waals surface area contributed by atoms with Gasteiger partial charge in [-0.3, -0.25) is 27.9 Å². The van der Waals surface area contributed by atoms with E-state index in [-0.39, 0.29) is 46.2 Å². The molecule has 0 spiro atoms. The van der Waals surface area contributed by atoms with Gasteiger partial charge in [0.25, 0.3) is 0 Å². The van der Waals surface area contributed by atoms with Crippen LogP contribution in [-0.2, 0) is 36.7 Å². The van der Waals surface area contributed by atoms with Crippen LogP contribution in [0.15, 0.2) is 0 Å². The van der Waals surface area contributed by atoms with Gasteiger partial charge in [0.05, 0.1) is 83.5 Å². The summed E-state index contributed by atoms with van der Waals surface area (Å²) in [4.78, 5) is 4.08. The zero-order valence-electron chi connectivity index (χ0n) is 27.4. The topological polar surface area (TPSA) is 319 Å². The van der Waals surface area contributed by atoms with Gasteiger partial charge in [0.1, 0.15) is 0 Å². The normalized spacial score (nSPS) is 23.1. The molecule has 0 radical (unpaired) electrons. The number of rotatable bonds is 11. The molecule has 50 heavy (non-hydrogen) atoms. The Bertz CT molecular complexity index is 813. The lowest BCUT2D eigenvalue weighted by Gasteiger charge is -2.42. The number of hydrogen-bond acceptors (Lipinski definition) is 21. The van der Waals surface area contributed by atoms with Crippen molar-refractivity contribution in [2.45, 2.75) is 0 Å². The van der Waals surface area contributed by atoms with Crippen LogP contribution in [-0.4, -0.2) is 212 Å². The molecule has 300 valence electrons. The third kappa shape index (κ3) is 27.3. The predicted molar refractivity (Wildman–Crippen MR) is 181 cm³/mol. The number of halogens is 3. The maximum atomic E-state index is 11.1. The summed E-state index contributed by atoms with van der Waals surface area (Å²) in [5, 5.41) is 86.6. The van der Waals surface area contributed by atoms with Crippen LogP contribution < -0.4 is 0 Å². The van der Waals surface area contributed by atoms with Gasteiger partial charge in [-0.2, -0.15) is 0 Å². The van der Waals surface area contributed by atoms with Crippen molar-refractivity contribution < 1.29 is 92.6 Å². The van der Waals surface area contributed by atoms with E-state index in [0.29, 0.717) is 39.5 Å². The van der Waals surface area contributed by atoms with Gasteiger partial charge in [-0.05, 0) is 33.7 Å². The molecule has 28 heteroatoms. The molecule has 21 nitrogen and oxygen atoms in total. The van der Waals surface area contributed by atoms with Gasteiger partial charge in [-0.25, -0.2) is 4.57 Å². The lowest BCUT2D eigenvalue weighted by Crippen LogP contribution is -2.47. The first kappa shape index (κ1) is 52.8. The molecule has 0 unspecified atom stereocenters. The number of phosphoric acid groups is 1. The van der Waals surface area contributed by atoms with Crippen LogP contribution in [0, 0.1) is 10.8 Å². The Morgan fingerprint density at radius 2 is 1.02 bits per heavy atom. The summed E-state index contributed by atoms with van der Waals surface area (Å²) in [6, 6.07) is 0. The highest BCUT2D eigenvalue weighted by Crippen LogP contribution is 2.61. The molecule has 0 aromatic heterocycles. The van der Waals surface area contributed by atoms with E-state index < -0.39 is 64.9 Å². The quantitative estimate of drug-likeness (QED) is 0.0709. The van der Waals surface area contributed by atoms with E-state index in [0.717, 1.165) is 19.6 Å². The Morgan fingerprint density at radius 3 is 1.24 bits per heavy atom. The smallest absolute Gasteiger partial charge is 0.402 e. The molecular formula is C22H51B2Cl3N2O19P2. The third-order valence-corrected chi connectivity index (χ3v) is 7.83. The van der Waals surface area contributed by atoms with E-state index in [2.05, 4.69) is 38.6 Å². The lowest BCUT2D eigenvalue weighted by molar-refractivity contribution is -0.114. The van der Waals surface area contributed by atoms with Gasteiger partial charge >= 0.3 is 27.7 Å². The van der Waals surface area contributed by atoms with Crippen LogP contribution in [0.25, 0.3) is 0 Å². The van der Waals surface area contributed by atoms with Crippen LogP contribution in [0.3, 0.4) is 0 Å². The minimum atomic E-state index is -3.22. The molecular weight excluding hydrogens is 786 g/mol. The van der Waals surface area contributed by atoms with Crippen molar-refractivity contribution in [3.8, 4) is 0 Å². The van der Waals surface area contributed by atoms with E-state index in [1.165, 1.54) is 0 Å². The average Bonchev–Trinajstić information content (AvgIpc) is 3.03. The zero-order chi connectivity index (χ0) is 38.7. The van der Waals surface area contributed by atoms with Crippen molar-refractivity contribution in [1.29, 1.82) is 0 Å². The number of nitrogens with zero attached hydrogens (tertiary/aromatic N) is 2. The van der Waals surface area contributed by atoms with Gasteiger partial charge in [0.15, 0.2) is 0 Å². The molecule has 4 bridgehead atoms. The minimum Gasteiger partial charge on any atom is -0.402 e. The Labute approximate surface area is 305 Å². The summed E-state index contributed by atoms with van der Waals surface area (Å²) in [5.74, 6) is 0. The Morgan fingerprint density at radius 1 is 0.720 bits per heavy atom. The SMILES string of the molecule is C1CN2CCOB(O1)OCC2.O=P(Cl)(Cl)Cl.O=P12OCC(CO)(CO1)CO2.OB(O)O.OCC(CO)(CO)CO.OCCN(CCO)CCO. The molecule has 6 fully saturated rings. The standard InChI is InChI=1S/C6H12BNO3.C6H15NO3.C5H9O5P.C5H12O4.BH3O3.Cl3OP/c1-4-9-7-10-5-2-8(1)3-6-11-7;8-4-1-7(2-5-9)3-6-10;6-1-5-2-8-11(7,9-3-5)10-4-5;6-1-5(2-7,3-8)4-9;2-1(3)4;1-5(2,3)4/h1-6H2;8-10H,1-6H2;6H,1-4H2;6-9H,1-4H2;2-4H;. The highest BCUT2D eigenvalue weighted by Gasteiger charge is 2.50. The van der Waals surface area contributed by atoms with Crippen molar-refractivity contribution in [2.24, 2.45) is 10.8 Å². The first-order valence-electron chi connectivity index (χ1n) is 14.9.